The Bertz CT molecular complexity index is 624. The molecule has 1 saturated heterocycles. The Morgan fingerprint density at radius 1 is 1.24 bits per heavy atom. The molecule has 1 aromatic rings. The van der Waals surface area contributed by atoms with E-state index in [9.17, 15) is 19.7 Å². The summed E-state index contributed by atoms with van der Waals surface area (Å²) in [4.78, 5) is 36.3. The van der Waals surface area contributed by atoms with Crippen molar-refractivity contribution in [2.75, 3.05) is 0 Å². The van der Waals surface area contributed by atoms with Crippen molar-refractivity contribution in [1.29, 1.82) is 0 Å². The molecule has 0 N–H and O–H groups in total. The van der Waals surface area contributed by atoms with Gasteiger partial charge in [0.15, 0.2) is 0 Å². The maximum atomic E-state index is 12.3. The first-order valence-corrected chi connectivity index (χ1v) is 7.57. The van der Waals surface area contributed by atoms with Crippen LogP contribution in [0.2, 0.25) is 0 Å². The summed E-state index contributed by atoms with van der Waals surface area (Å²) < 4.78 is 0.327. The highest BCUT2D eigenvalue weighted by atomic mass is 79.9. The molecule has 110 valence electrons. The number of nitro groups is 1. The van der Waals surface area contributed by atoms with E-state index in [0.29, 0.717) is 10.0 Å². The van der Waals surface area contributed by atoms with E-state index in [4.69, 9.17) is 0 Å². The fraction of sp³-hybridized carbons (Fsp3) is 0.429. The molecule has 2 amide bonds. The molecule has 1 aromatic carbocycles. The van der Waals surface area contributed by atoms with Crippen LogP contribution in [0.1, 0.15) is 24.8 Å². The van der Waals surface area contributed by atoms with Gasteiger partial charge >= 0.3 is 0 Å². The average molecular weight is 353 g/mol. The molecule has 3 rings (SSSR count). The van der Waals surface area contributed by atoms with Gasteiger partial charge in [-0.15, -0.1) is 0 Å². The lowest BCUT2D eigenvalue weighted by Gasteiger charge is -2.16. The Kier molecular flexibility index (Phi) is 3.52. The van der Waals surface area contributed by atoms with Crippen molar-refractivity contribution in [2.45, 2.75) is 25.8 Å². The third-order valence-corrected chi connectivity index (χ3v) is 5.18. The van der Waals surface area contributed by atoms with Crippen molar-refractivity contribution < 1.29 is 14.5 Å². The van der Waals surface area contributed by atoms with Crippen LogP contribution < -0.4 is 0 Å². The largest absolute Gasteiger partial charge is 0.283 e. The number of fused-ring (bicyclic) bond motifs is 1. The van der Waals surface area contributed by atoms with Crippen molar-refractivity contribution in [2.24, 2.45) is 11.8 Å². The number of carbonyl (C=O) groups excluding carboxylic acids is 2. The molecule has 21 heavy (non-hydrogen) atoms. The van der Waals surface area contributed by atoms with Crippen LogP contribution in [0.5, 0.6) is 0 Å². The van der Waals surface area contributed by atoms with Crippen LogP contribution >= 0.6 is 15.9 Å². The zero-order valence-electron chi connectivity index (χ0n) is 11.1. The smallest absolute Gasteiger partial charge is 0.278 e. The van der Waals surface area contributed by atoms with Gasteiger partial charge in [0, 0.05) is 6.07 Å². The van der Waals surface area contributed by atoms with Crippen LogP contribution in [0.4, 0.5) is 5.69 Å². The minimum absolute atomic E-state index is 0.0632. The minimum Gasteiger partial charge on any atom is -0.278 e. The van der Waals surface area contributed by atoms with Gasteiger partial charge in [-0.1, -0.05) is 18.6 Å². The molecule has 2 atom stereocenters. The zero-order valence-corrected chi connectivity index (χ0v) is 12.7. The Morgan fingerprint density at radius 2 is 1.86 bits per heavy atom. The SMILES string of the molecule is O=C1C2CCCC2C(=O)N1Cc1cccc([N+](=O)[O-])c1Br. The number of nitro benzene ring substituents is 1. The first kappa shape index (κ1) is 14.2. The maximum Gasteiger partial charge on any atom is 0.283 e. The average Bonchev–Trinajstić information content (AvgIpc) is 3.00. The van der Waals surface area contributed by atoms with E-state index in [1.165, 1.54) is 11.0 Å². The maximum absolute atomic E-state index is 12.3. The summed E-state index contributed by atoms with van der Waals surface area (Å²) >= 11 is 3.20. The summed E-state index contributed by atoms with van der Waals surface area (Å²) in [6.45, 7) is 0.0902. The molecule has 2 unspecified atom stereocenters. The Balaban J connectivity index is 1.88. The summed E-state index contributed by atoms with van der Waals surface area (Å²) in [5.41, 5.74) is 0.512. The van der Waals surface area contributed by atoms with Crippen molar-refractivity contribution in [1.82, 2.24) is 4.90 Å². The molecule has 7 heteroatoms. The summed E-state index contributed by atoms with van der Waals surface area (Å²) in [7, 11) is 0. The number of hydrogen-bond donors (Lipinski definition) is 0. The van der Waals surface area contributed by atoms with E-state index in [0.717, 1.165) is 19.3 Å². The van der Waals surface area contributed by atoms with Crippen molar-refractivity contribution in [3.63, 3.8) is 0 Å². The monoisotopic (exact) mass is 352 g/mol. The van der Waals surface area contributed by atoms with Crippen LogP contribution in [-0.2, 0) is 16.1 Å². The van der Waals surface area contributed by atoms with Gasteiger partial charge < -0.3 is 0 Å². The number of imide groups is 1. The first-order valence-electron chi connectivity index (χ1n) is 6.77. The fourth-order valence-corrected chi connectivity index (χ4v) is 3.75. The van der Waals surface area contributed by atoms with E-state index in [2.05, 4.69) is 15.9 Å². The molecule has 2 fully saturated rings. The van der Waals surface area contributed by atoms with Crippen LogP contribution in [0.25, 0.3) is 0 Å². The quantitative estimate of drug-likeness (QED) is 0.475. The summed E-state index contributed by atoms with van der Waals surface area (Å²) in [6.07, 6.45) is 2.45. The molecule has 1 saturated carbocycles. The zero-order chi connectivity index (χ0) is 15.1. The number of carbonyl (C=O) groups is 2. The molecule has 1 aliphatic carbocycles. The highest BCUT2D eigenvalue weighted by molar-refractivity contribution is 9.10. The first-order chi connectivity index (χ1) is 10.0. The molecule has 0 aromatic heterocycles. The highest BCUT2D eigenvalue weighted by Gasteiger charge is 2.49. The van der Waals surface area contributed by atoms with Gasteiger partial charge in [0.1, 0.15) is 4.47 Å². The van der Waals surface area contributed by atoms with E-state index < -0.39 is 4.92 Å². The van der Waals surface area contributed by atoms with Gasteiger partial charge in [-0.05, 0) is 34.3 Å². The molecule has 6 nitrogen and oxygen atoms in total. The summed E-state index contributed by atoms with van der Waals surface area (Å²) in [5.74, 6) is -0.647. The van der Waals surface area contributed by atoms with Crippen LogP contribution in [-0.4, -0.2) is 21.6 Å². The van der Waals surface area contributed by atoms with Gasteiger partial charge in [0.05, 0.1) is 23.3 Å². The topological polar surface area (TPSA) is 80.5 Å². The highest BCUT2D eigenvalue weighted by Crippen LogP contribution is 2.41. The molecule has 0 bridgehead atoms. The molecule has 0 radical (unpaired) electrons. The normalized spacial score (nSPS) is 24.5. The third-order valence-electron chi connectivity index (χ3n) is 4.27. The van der Waals surface area contributed by atoms with Crippen LogP contribution in [0.3, 0.4) is 0 Å². The summed E-state index contributed by atoms with van der Waals surface area (Å²) in [5, 5.41) is 10.9. The number of amides is 2. The van der Waals surface area contributed by atoms with Crippen molar-refractivity contribution in [3.8, 4) is 0 Å². The second-order valence-corrected chi connectivity index (χ2v) is 6.21. The number of hydrogen-bond acceptors (Lipinski definition) is 4. The van der Waals surface area contributed by atoms with Gasteiger partial charge in [-0.25, -0.2) is 0 Å². The summed E-state index contributed by atoms with van der Waals surface area (Å²) in [6, 6.07) is 4.63. The van der Waals surface area contributed by atoms with E-state index in [-0.39, 0.29) is 35.9 Å². The number of likely N-dealkylation sites (tertiary alicyclic amines) is 1. The third kappa shape index (κ3) is 2.25. The van der Waals surface area contributed by atoms with Crippen LogP contribution in [0, 0.1) is 22.0 Å². The lowest BCUT2D eigenvalue weighted by Crippen LogP contribution is -2.31. The van der Waals surface area contributed by atoms with Gasteiger partial charge in [-0.3, -0.25) is 24.6 Å². The van der Waals surface area contributed by atoms with E-state index in [1.807, 2.05) is 0 Å². The Labute approximate surface area is 129 Å². The molecule has 1 heterocycles. The van der Waals surface area contributed by atoms with Crippen molar-refractivity contribution in [3.05, 3.63) is 38.3 Å². The Hall–Kier alpha value is -1.76. The van der Waals surface area contributed by atoms with Gasteiger partial charge in [-0.2, -0.15) is 0 Å². The second-order valence-electron chi connectivity index (χ2n) is 5.41. The molecular weight excluding hydrogens is 340 g/mol. The fourth-order valence-electron chi connectivity index (χ4n) is 3.22. The van der Waals surface area contributed by atoms with Gasteiger partial charge in [0.25, 0.3) is 5.69 Å². The number of nitrogens with zero attached hydrogens (tertiary/aromatic N) is 2. The lowest BCUT2D eigenvalue weighted by molar-refractivity contribution is -0.385. The van der Waals surface area contributed by atoms with E-state index in [1.54, 1.807) is 12.1 Å². The van der Waals surface area contributed by atoms with E-state index >= 15 is 0 Å². The number of benzene rings is 1. The number of halogens is 1. The lowest BCUT2D eigenvalue weighted by atomic mass is 10.00. The number of rotatable bonds is 3. The predicted molar refractivity (Wildman–Crippen MR) is 77.2 cm³/mol. The molecular formula is C14H13BrN2O4. The Morgan fingerprint density at radius 3 is 2.43 bits per heavy atom. The predicted octanol–water partition coefficient (Wildman–Crippen LogP) is 2.64. The molecule has 2 aliphatic rings. The van der Waals surface area contributed by atoms with Gasteiger partial charge in [0.2, 0.25) is 11.8 Å². The van der Waals surface area contributed by atoms with Crippen LogP contribution in [0.15, 0.2) is 22.7 Å². The molecule has 1 aliphatic heterocycles. The second kappa shape index (κ2) is 5.22. The van der Waals surface area contributed by atoms with Crippen molar-refractivity contribution >= 4 is 33.4 Å². The minimum atomic E-state index is -0.490. The standard InChI is InChI=1S/C14H13BrN2O4/c15-12-8(3-1-6-11(12)17(20)21)7-16-13(18)9-4-2-5-10(9)14(16)19/h1,3,6,9-10H,2,4-5,7H2. The molecule has 0 spiro atoms.